The molecule has 0 aliphatic carbocycles. The zero-order chi connectivity index (χ0) is 22.9. The van der Waals surface area contributed by atoms with Crippen LogP contribution in [0.3, 0.4) is 0 Å². The fourth-order valence-corrected chi connectivity index (χ4v) is 4.72. The number of benzene rings is 2. The zero-order valence-corrected chi connectivity index (χ0v) is 18.4. The van der Waals surface area contributed by atoms with Gasteiger partial charge in [0.15, 0.2) is 0 Å². The summed E-state index contributed by atoms with van der Waals surface area (Å²) in [6.07, 6.45) is 5.49. The quantitative estimate of drug-likeness (QED) is 0.476. The molecule has 1 aliphatic rings. The van der Waals surface area contributed by atoms with Gasteiger partial charge in [0.05, 0.1) is 0 Å². The van der Waals surface area contributed by atoms with Gasteiger partial charge >= 0.3 is 5.97 Å². The van der Waals surface area contributed by atoms with E-state index in [1.165, 1.54) is 5.69 Å². The highest BCUT2D eigenvalue weighted by molar-refractivity contribution is 5.94. The molecule has 1 unspecified atom stereocenters. The van der Waals surface area contributed by atoms with Crippen LogP contribution in [0.1, 0.15) is 40.0 Å². The van der Waals surface area contributed by atoms with Gasteiger partial charge in [0, 0.05) is 46.9 Å². The van der Waals surface area contributed by atoms with Crippen LogP contribution in [-0.4, -0.2) is 42.4 Å². The number of fused-ring (bicyclic) bond motifs is 3. The Kier molecular flexibility index (Phi) is 5.42. The van der Waals surface area contributed by atoms with Crippen molar-refractivity contribution in [3.05, 3.63) is 77.5 Å². The van der Waals surface area contributed by atoms with Crippen LogP contribution in [0.15, 0.2) is 55.1 Å². The maximum atomic E-state index is 12.9. The van der Waals surface area contributed by atoms with Gasteiger partial charge in [-0.05, 0) is 68.1 Å². The first-order valence-corrected chi connectivity index (χ1v) is 11.1. The summed E-state index contributed by atoms with van der Waals surface area (Å²) in [5, 5.41) is 21.1. The number of hydrogen-bond acceptors (Lipinski definition) is 4. The second-order valence-electron chi connectivity index (χ2n) is 8.58. The fourth-order valence-electron chi connectivity index (χ4n) is 4.72. The Bertz CT molecular complexity index is 1320. The molecule has 2 aromatic heterocycles. The average molecular weight is 444 g/mol. The molecule has 0 radical (unpaired) electrons. The number of hydrogen-bond donors (Lipinski definition) is 2. The van der Waals surface area contributed by atoms with Crippen LogP contribution in [0, 0.1) is 6.92 Å². The van der Waals surface area contributed by atoms with Crippen LogP contribution in [0.4, 0.5) is 0 Å². The smallest absolute Gasteiger partial charge is 0.303 e. The van der Waals surface area contributed by atoms with Gasteiger partial charge < -0.3 is 15.0 Å². The van der Waals surface area contributed by atoms with Crippen molar-refractivity contribution in [1.82, 2.24) is 24.6 Å². The molecule has 2 aromatic carbocycles. The van der Waals surface area contributed by atoms with Gasteiger partial charge in [-0.1, -0.05) is 11.6 Å². The lowest BCUT2D eigenvalue weighted by molar-refractivity contribution is -0.136. The van der Waals surface area contributed by atoms with Gasteiger partial charge in [-0.25, -0.2) is 0 Å². The van der Waals surface area contributed by atoms with Gasteiger partial charge in [0.2, 0.25) is 0 Å². The summed E-state index contributed by atoms with van der Waals surface area (Å²) in [5.74, 6) is -0.885. The van der Waals surface area contributed by atoms with Crippen molar-refractivity contribution >= 4 is 22.8 Å². The molecule has 4 aromatic rings. The van der Waals surface area contributed by atoms with Crippen molar-refractivity contribution < 1.29 is 14.7 Å². The SMILES string of the molecule is Cc1ccc2c(c1)c(CCC(=O)O)c1n2CC(NC(=O)c2ccc(-n3cnnc3)cc2)CC1. The standard InChI is InChI=1S/C25H25N5O3/c1-16-2-9-23-21(12-16)20(8-11-24(31)32)22-10-5-18(13-30(22)23)28-25(33)17-3-6-19(7-4-17)29-14-26-27-15-29/h2-4,6-7,9,12,14-15,18H,5,8,10-11,13H2,1H3,(H,28,33)(H,31,32). The Morgan fingerprint density at radius 1 is 1.12 bits per heavy atom. The van der Waals surface area contributed by atoms with Gasteiger partial charge in [-0.3, -0.25) is 14.2 Å². The van der Waals surface area contributed by atoms with E-state index in [1.54, 1.807) is 29.4 Å². The summed E-state index contributed by atoms with van der Waals surface area (Å²) in [6.45, 7) is 2.72. The van der Waals surface area contributed by atoms with E-state index < -0.39 is 5.97 Å². The molecule has 2 N–H and O–H groups in total. The molecule has 0 saturated heterocycles. The van der Waals surface area contributed by atoms with Crippen molar-refractivity contribution in [1.29, 1.82) is 0 Å². The minimum absolute atomic E-state index is 0.00625. The van der Waals surface area contributed by atoms with Crippen molar-refractivity contribution in [3.8, 4) is 5.69 Å². The first-order chi connectivity index (χ1) is 16.0. The summed E-state index contributed by atoms with van der Waals surface area (Å²) in [5.41, 5.74) is 6.08. The van der Waals surface area contributed by atoms with Gasteiger partial charge in [0.25, 0.3) is 5.91 Å². The molecule has 1 aliphatic heterocycles. The largest absolute Gasteiger partial charge is 0.481 e. The molecule has 168 valence electrons. The maximum absolute atomic E-state index is 12.9. The topological polar surface area (TPSA) is 102 Å². The van der Waals surface area contributed by atoms with Gasteiger partial charge in [-0.2, -0.15) is 0 Å². The first kappa shape index (κ1) is 20.9. The number of rotatable bonds is 6. The van der Waals surface area contributed by atoms with Crippen LogP contribution in [-0.2, 0) is 24.2 Å². The van der Waals surface area contributed by atoms with E-state index in [4.69, 9.17) is 0 Å². The van der Waals surface area contributed by atoms with E-state index in [2.05, 4.69) is 45.2 Å². The lowest BCUT2D eigenvalue weighted by Gasteiger charge is -2.27. The lowest BCUT2D eigenvalue weighted by Crippen LogP contribution is -2.41. The number of nitrogens with zero attached hydrogens (tertiary/aromatic N) is 4. The third-order valence-corrected chi connectivity index (χ3v) is 6.35. The molecular formula is C25H25N5O3. The van der Waals surface area contributed by atoms with Gasteiger partial charge in [-0.15, -0.1) is 10.2 Å². The summed E-state index contributed by atoms with van der Waals surface area (Å²) in [6, 6.07) is 13.7. The molecule has 33 heavy (non-hydrogen) atoms. The normalized spacial score (nSPS) is 15.4. The molecule has 0 saturated carbocycles. The van der Waals surface area contributed by atoms with Crippen molar-refractivity contribution in [2.24, 2.45) is 0 Å². The second kappa shape index (κ2) is 8.54. The highest BCUT2D eigenvalue weighted by Crippen LogP contribution is 2.32. The molecule has 0 bridgehead atoms. The molecule has 0 fully saturated rings. The van der Waals surface area contributed by atoms with E-state index in [0.717, 1.165) is 40.6 Å². The van der Waals surface area contributed by atoms with E-state index in [9.17, 15) is 14.7 Å². The molecule has 8 nitrogen and oxygen atoms in total. The number of aliphatic carboxylic acids is 1. The molecule has 3 heterocycles. The number of carboxylic acids is 1. The summed E-state index contributed by atoms with van der Waals surface area (Å²) in [4.78, 5) is 24.1. The van der Waals surface area contributed by atoms with Crippen LogP contribution in [0.2, 0.25) is 0 Å². The zero-order valence-electron chi connectivity index (χ0n) is 18.4. The number of amides is 1. The summed E-state index contributed by atoms with van der Waals surface area (Å²) in [7, 11) is 0. The highest BCUT2D eigenvalue weighted by Gasteiger charge is 2.26. The Hall–Kier alpha value is -3.94. The molecular weight excluding hydrogens is 418 g/mol. The van der Waals surface area contributed by atoms with E-state index in [-0.39, 0.29) is 18.4 Å². The maximum Gasteiger partial charge on any atom is 0.303 e. The van der Waals surface area contributed by atoms with Crippen LogP contribution < -0.4 is 5.32 Å². The molecule has 0 spiro atoms. The number of carbonyl (C=O) groups excluding carboxylic acids is 1. The van der Waals surface area contributed by atoms with Crippen molar-refractivity contribution in [2.75, 3.05) is 0 Å². The van der Waals surface area contributed by atoms with Crippen LogP contribution >= 0.6 is 0 Å². The fraction of sp³-hybridized carbons (Fsp3) is 0.280. The Balaban J connectivity index is 1.35. The van der Waals surface area contributed by atoms with Crippen LogP contribution in [0.5, 0.6) is 0 Å². The summed E-state index contributed by atoms with van der Waals surface area (Å²) < 4.78 is 4.04. The number of aryl methyl sites for hydroxylation is 2. The molecule has 5 rings (SSSR count). The highest BCUT2D eigenvalue weighted by atomic mass is 16.4. The molecule has 1 amide bonds. The average Bonchev–Trinajstić information content (AvgIpc) is 3.44. The predicted molar refractivity (Wildman–Crippen MR) is 124 cm³/mol. The number of aromatic nitrogens is 4. The van der Waals surface area contributed by atoms with E-state index in [0.29, 0.717) is 18.5 Å². The van der Waals surface area contributed by atoms with Crippen LogP contribution in [0.25, 0.3) is 16.6 Å². The van der Waals surface area contributed by atoms with Crippen molar-refractivity contribution in [2.45, 2.75) is 45.2 Å². The Morgan fingerprint density at radius 3 is 2.61 bits per heavy atom. The minimum atomic E-state index is -0.785. The number of carboxylic acid groups (broad SMARTS) is 1. The van der Waals surface area contributed by atoms with E-state index in [1.807, 2.05) is 12.1 Å². The number of carbonyl (C=O) groups is 2. The first-order valence-electron chi connectivity index (χ1n) is 11.1. The lowest BCUT2D eigenvalue weighted by atomic mass is 9.98. The predicted octanol–water partition coefficient (Wildman–Crippen LogP) is 3.29. The second-order valence-corrected chi connectivity index (χ2v) is 8.58. The summed E-state index contributed by atoms with van der Waals surface area (Å²) >= 11 is 0. The molecule has 1 atom stereocenters. The molecule has 8 heteroatoms. The Morgan fingerprint density at radius 2 is 1.88 bits per heavy atom. The minimum Gasteiger partial charge on any atom is -0.481 e. The third kappa shape index (κ3) is 4.11. The third-order valence-electron chi connectivity index (χ3n) is 6.35. The van der Waals surface area contributed by atoms with Gasteiger partial charge in [0.1, 0.15) is 12.7 Å². The monoisotopic (exact) mass is 443 g/mol. The van der Waals surface area contributed by atoms with Crippen molar-refractivity contribution in [3.63, 3.8) is 0 Å². The Labute approximate surface area is 190 Å². The number of nitrogens with one attached hydrogen (secondary N) is 1. The van der Waals surface area contributed by atoms with E-state index >= 15 is 0 Å².